The van der Waals surface area contributed by atoms with Crippen molar-refractivity contribution >= 4 is 78.0 Å². The van der Waals surface area contributed by atoms with E-state index in [1.807, 2.05) is 0 Å². The Hall–Kier alpha value is 1.74. The Bertz CT molecular complexity index is 27.4. The van der Waals surface area contributed by atoms with Crippen LogP contribution in [0.2, 0.25) is 0 Å². The predicted molar refractivity (Wildman–Crippen MR) is 57.2 cm³/mol. The van der Waals surface area contributed by atoms with Crippen LogP contribution in [0.25, 0.3) is 0 Å². The summed E-state index contributed by atoms with van der Waals surface area (Å²) >= 11 is 0. The molecule has 0 aromatic carbocycles. The third-order valence-electron chi connectivity index (χ3n) is 0. The van der Waals surface area contributed by atoms with Crippen LogP contribution in [0.15, 0.2) is 0 Å². The van der Waals surface area contributed by atoms with Crippen LogP contribution in [0.4, 0.5) is 0 Å². The van der Waals surface area contributed by atoms with Crippen molar-refractivity contribution in [1.82, 2.24) is 0 Å². The van der Waals surface area contributed by atoms with E-state index >= 15 is 0 Å². The van der Waals surface area contributed by atoms with Crippen molar-refractivity contribution in [2.45, 2.75) is 0 Å². The van der Waals surface area contributed by atoms with Crippen LogP contribution in [0.1, 0.15) is 2.85 Å². The van der Waals surface area contributed by atoms with Gasteiger partial charge in [0.05, 0.1) is 0 Å². The molecule has 0 saturated carbocycles. The van der Waals surface area contributed by atoms with Gasteiger partial charge in [-0.15, -0.1) is 0 Å². The molecular formula is H18Al2MgO5Si2. The minimum atomic E-state index is 0. The van der Waals surface area contributed by atoms with Crippen LogP contribution in [0, 0.1) is 0 Å². The molecule has 0 fully saturated rings. The maximum absolute atomic E-state index is 8.28. The van der Waals surface area contributed by atoms with Crippen LogP contribution in [-0.2, 0) is 8.92 Å². The van der Waals surface area contributed by atoms with Gasteiger partial charge in [-0.1, -0.05) is 0 Å². The number of hydrogen-bond acceptors (Lipinski definition) is 2. The second-order valence-electron chi connectivity index (χ2n) is 0. The van der Waals surface area contributed by atoms with Crippen molar-refractivity contribution in [1.29, 1.82) is 0 Å². The molecule has 0 unspecified atom stereocenters. The summed E-state index contributed by atoms with van der Waals surface area (Å²) in [6.07, 6.45) is 0. The van der Waals surface area contributed by atoms with E-state index in [2.05, 4.69) is 0 Å². The molecule has 0 heterocycles. The first kappa shape index (κ1) is 96.7. The summed E-state index contributed by atoms with van der Waals surface area (Å²) in [5, 5.41) is 0. The fourth-order valence-electron chi connectivity index (χ4n) is 0. The van der Waals surface area contributed by atoms with Gasteiger partial charge in [0.2, 0.25) is 20.3 Å². The molecule has 0 saturated heterocycles. The van der Waals surface area contributed by atoms with E-state index in [9.17, 15) is 0 Å². The first-order valence-electron chi connectivity index (χ1n) is 0.577. The zero-order valence-electron chi connectivity index (χ0n) is 6.44. The maximum atomic E-state index is 8.28. The van der Waals surface area contributed by atoms with E-state index in [1.165, 1.54) is 0 Å². The molecule has 0 bridgehead atoms. The van der Waals surface area contributed by atoms with E-state index in [0.29, 0.717) is 20.3 Å². The summed E-state index contributed by atoms with van der Waals surface area (Å²) in [6, 6.07) is 0. The number of hydrogen-bond donors (Lipinski definition) is 0. The van der Waals surface area contributed by atoms with Gasteiger partial charge >= 0.3 is 23.1 Å². The first-order valence-corrected chi connectivity index (χ1v) is 1.73. The fraction of sp³-hybridized carbons (Fsp3) is 0. The quantitative estimate of drug-likeness (QED) is 0.385. The van der Waals surface area contributed by atoms with Crippen LogP contribution < -0.4 is 0 Å². The molecule has 6 N–H and O–H groups in total. The van der Waals surface area contributed by atoms with Gasteiger partial charge < -0.3 is 28.2 Å². The molecule has 0 rings (SSSR count). The van der Waals surface area contributed by atoms with Gasteiger partial charge in [-0.25, -0.2) is 0 Å². The Morgan fingerprint density at radius 1 is 0.700 bits per heavy atom. The predicted octanol–water partition coefficient (Wildman–Crippen LogP) is -7.07. The Labute approximate surface area is 106 Å². The average molecular weight is 233 g/mol. The van der Waals surface area contributed by atoms with Gasteiger partial charge in [0.1, 0.15) is 0 Å². The zero-order chi connectivity index (χ0) is 4.00. The standard InChI is InChI=1S/2Al.Mg.2H2OSi.3H2O.8H/c;;;2*1-2;;;;;;;;;;;/h;;;2*2H2;3*1H2;;;;;;;;/q;;+2;;;;;;;;;;;;2*-1. The molecular weight excluding hydrogens is 214 g/mol. The van der Waals surface area contributed by atoms with Crippen molar-refractivity contribution in [3.8, 4) is 0 Å². The molecule has 5 nitrogen and oxygen atoms in total. The molecule has 0 atom stereocenters. The molecule has 0 aromatic rings. The largest absolute Gasteiger partial charge is 2.00 e. The topological polar surface area (TPSA) is 129 Å². The smallest absolute Gasteiger partial charge is 1.00 e. The van der Waals surface area contributed by atoms with E-state index in [1.54, 1.807) is 0 Å². The van der Waals surface area contributed by atoms with Gasteiger partial charge in [0.25, 0.3) is 0 Å². The van der Waals surface area contributed by atoms with E-state index in [0.717, 1.165) is 0 Å². The Balaban J connectivity index is -0.000000000500. The Kier molecular flexibility index (Phi) is 3240. The number of rotatable bonds is 0. The van der Waals surface area contributed by atoms with Crippen molar-refractivity contribution in [2.75, 3.05) is 0 Å². The summed E-state index contributed by atoms with van der Waals surface area (Å²) in [5.41, 5.74) is 0. The van der Waals surface area contributed by atoms with Gasteiger partial charge in [0, 0.05) is 0 Å². The zero-order valence-corrected chi connectivity index (χ0v) is 8.68. The molecule has 10 heavy (non-hydrogen) atoms. The van der Waals surface area contributed by atoms with Gasteiger partial charge in [-0.3, -0.25) is 0 Å². The molecule has 64 valence electrons. The Morgan fingerprint density at radius 2 is 0.700 bits per heavy atom. The van der Waals surface area contributed by atoms with Crippen molar-refractivity contribution < 1.29 is 28.2 Å². The fourth-order valence-corrected chi connectivity index (χ4v) is 0. The third kappa shape index (κ3) is 245. The molecule has 0 aliphatic heterocycles. The molecule has 0 spiro atoms. The summed E-state index contributed by atoms with van der Waals surface area (Å²) < 4.78 is 16.6. The van der Waals surface area contributed by atoms with Crippen LogP contribution in [-0.4, -0.2) is 94.5 Å². The van der Waals surface area contributed by atoms with Crippen LogP contribution >= 0.6 is 0 Å². The molecule has 10 heteroatoms. The molecule has 0 aliphatic carbocycles. The van der Waals surface area contributed by atoms with Crippen molar-refractivity contribution in [3.63, 3.8) is 0 Å². The van der Waals surface area contributed by atoms with Crippen molar-refractivity contribution in [2.24, 2.45) is 0 Å². The first-order chi connectivity index (χ1) is 2.00. The SMILES string of the molecule is O.O.O.O=[SiH2].O=[SiH2].[AlH3].[AlH3].[H-].[H-].[Mg+2]. The van der Waals surface area contributed by atoms with Crippen LogP contribution in [0.3, 0.4) is 0 Å². The van der Waals surface area contributed by atoms with Crippen LogP contribution in [0.5, 0.6) is 0 Å². The second-order valence-corrected chi connectivity index (χ2v) is 0. The molecule has 0 aromatic heterocycles. The molecule has 0 radical (unpaired) electrons. The van der Waals surface area contributed by atoms with Crippen molar-refractivity contribution in [3.05, 3.63) is 0 Å². The monoisotopic (exact) mass is 232 g/mol. The molecule has 0 amide bonds. The Morgan fingerprint density at radius 3 is 0.700 bits per heavy atom. The minimum absolute atomic E-state index is 0. The van der Waals surface area contributed by atoms with E-state index < -0.39 is 0 Å². The minimum Gasteiger partial charge on any atom is -1.00 e. The normalized spacial score (nSPS) is 0.800. The summed E-state index contributed by atoms with van der Waals surface area (Å²) in [6.45, 7) is 0. The molecule has 0 aliphatic rings. The van der Waals surface area contributed by atoms with Gasteiger partial charge in [-0.05, 0) is 0 Å². The average Bonchev–Trinajstić information content (AvgIpc) is 1.50. The second kappa shape index (κ2) is 335. The maximum Gasteiger partial charge on any atom is 2.00 e. The van der Waals surface area contributed by atoms with E-state index in [-0.39, 0.29) is 77.1 Å². The summed E-state index contributed by atoms with van der Waals surface area (Å²) in [4.78, 5) is 0. The van der Waals surface area contributed by atoms with Gasteiger partial charge in [0.15, 0.2) is 34.7 Å². The summed E-state index contributed by atoms with van der Waals surface area (Å²) in [5.74, 6) is 0. The van der Waals surface area contributed by atoms with E-state index in [4.69, 9.17) is 8.92 Å². The van der Waals surface area contributed by atoms with Gasteiger partial charge in [-0.2, -0.15) is 0 Å². The summed E-state index contributed by atoms with van der Waals surface area (Å²) in [7, 11) is 1.22. The third-order valence-corrected chi connectivity index (χ3v) is 0.